The van der Waals surface area contributed by atoms with Gasteiger partial charge in [-0.2, -0.15) is 0 Å². The van der Waals surface area contributed by atoms with E-state index in [0.717, 1.165) is 5.56 Å². The summed E-state index contributed by atoms with van der Waals surface area (Å²) in [5.41, 5.74) is 3.53. The summed E-state index contributed by atoms with van der Waals surface area (Å²) in [5.74, 6) is 0.818. The number of aromatic nitrogens is 3. The van der Waals surface area contributed by atoms with Crippen LogP contribution in [-0.2, 0) is 6.42 Å². The number of fused-ring (bicyclic) bond motifs is 3. The van der Waals surface area contributed by atoms with Crippen LogP contribution in [0.5, 0.6) is 11.5 Å². The van der Waals surface area contributed by atoms with Gasteiger partial charge in [-0.25, -0.2) is 9.67 Å². The van der Waals surface area contributed by atoms with E-state index in [1.165, 1.54) is 4.68 Å². The molecule has 5 rings (SSSR count). The van der Waals surface area contributed by atoms with Crippen molar-refractivity contribution in [3.8, 4) is 17.2 Å². The highest BCUT2D eigenvalue weighted by atomic mass is 16.5. The summed E-state index contributed by atoms with van der Waals surface area (Å²) < 4.78 is 12.5. The molecule has 0 spiro atoms. The maximum absolute atomic E-state index is 13.8. The molecule has 35 heavy (non-hydrogen) atoms. The van der Waals surface area contributed by atoms with Crippen LogP contribution in [0.3, 0.4) is 0 Å². The summed E-state index contributed by atoms with van der Waals surface area (Å²) in [7, 11) is 6.95. The van der Waals surface area contributed by atoms with Gasteiger partial charge in [0.1, 0.15) is 11.5 Å². The van der Waals surface area contributed by atoms with Gasteiger partial charge in [0.25, 0.3) is 5.56 Å². The van der Waals surface area contributed by atoms with Crippen molar-refractivity contribution in [3.05, 3.63) is 93.5 Å². The minimum atomic E-state index is -0.316. The summed E-state index contributed by atoms with van der Waals surface area (Å²) >= 11 is 0. The van der Waals surface area contributed by atoms with E-state index < -0.39 is 0 Å². The van der Waals surface area contributed by atoms with Crippen LogP contribution < -0.4 is 15.0 Å². The first kappa shape index (κ1) is 22.5. The highest BCUT2D eigenvalue weighted by Crippen LogP contribution is 2.42. The number of nitrogens with zero attached hydrogens (tertiary/aromatic N) is 3. The van der Waals surface area contributed by atoms with Gasteiger partial charge < -0.3 is 14.4 Å². The number of Topliss-reactive ketones (excluding diaryl/α,β-unsaturated/α-hetero) is 1. The van der Waals surface area contributed by atoms with Gasteiger partial charge in [-0.05, 0) is 30.2 Å². The number of methoxy groups -OCH3 is 2. The van der Waals surface area contributed by atoms with Gasteiger partial charge in [-0.1, -0.05) is 24.3 Å². The Morgan fingerprint density at radius 2 is 1.86 bits per heavy atom. The predicted octanol–water partition coefficient (Wildman–Crippen LogP) is 3.70. The van der Waals surface area contributed by atoms with E-state index in [4.69, 9.17) is 9.47 Å². The molecule has 1 N–H and O–H groups in total. The average Bonchev–Trinajstić information content (AvgIpc) is 3.22. The maximum Gasteiger partial charge on any atom is 0.281 e. The molecule has 2 heterocycles. The van der Waals surface area contributed by atoms with E-state index in [2.05, 4.69) is 10.1 Å². The molecule has 0 bridgehead atoms. The van der Waals surface area contributed by atoms with Crippen molar-refractivity contribution >= 4 is 16.8 Å². The van der Waals surface area contributed by atoms with Crippen LogP contribution in [0.15, 0.2) is 71.3 Å². The molecule has 0 saturated carbocycles. The molecule has 1 aliphatic rings. The van der Waals surface area contributed by atoms with E-state index >= 15 is 0 Å². The van der Waals surface area contributed by atoms with Crippen molar-refractivity contribution < 1.29 is 14.3 Å². The lowest BCUT2D eigenvalue weighted by Gasteiger charge is -2.29. The zero-order valence-corrected chi connectivity index (χ0v) is 20.0. The Bertz CT molecular complexity index is 1520. The molecule has 1 aliphatic carbocycles. The molecule has 8 nitrogen and oxygen atoms in total. The third-order valence-electron chi connectivity index (χ3n) is 6.34. The van der Waals surface area contributed by atoms with E-state index in [9.17, 15) is 9.59 Å². The molecule has 0 aliphatic heterocycles. The fraction of sp³-hybridized carbons (Fsp3) is 0.222. The van der Waals surface area contributed by atoms with E-state index in [1.807, 2.05) is 73.7 Å². The Morgan fingerprint density at radius 3 is 2.54 bits per heavy atom. The third-order valence-corrected chi connectivity index (χ3v) is 6.34. The topological polar surface area (TPSA) is 89.4 Å². The van der Waals surface area contributed by atoms with Crippen LogP contribution in [0, 0.1) is 0 Å². The maximum atomic E-state index is 13.8. The summed E-state index contributed by atoms with van der Waals surface area (Å²) in [6, 6.07) is 14.9. The number of pyridine rings is 1. The minimum Gasteiger partial charge on any atom is -0.497 e. The number of allylic oxidation sites excluding steroid dienone is 1. The number of hydrogen-bond acceptors (Lipinski definition) is 6. The number of H-pyrrole nitrogens is 1. The average molecular weight is 471 g/mol. The second-order valence-corrected chi connectivity index (χ2v) is 8.70. The van der Waals surface area contributed by atoms with E-state index in [0.29, 0.717) is 51.3 Å². The van der Waals surface area contributed by atoms with Crippen LogP contribution in [-0.4, -0.2) is 53.8 Å². The summed E-state index contributed by atoms with van der Waals surface area (Å²) in [6.07, 6.45) is 3.85. The molecule has 8 heteroatoms. The lowest BCUT2D eigenvalue weighted by molar-refractivity contribution is 0.101. The highest BCUT2D eigenvalue weighted by Gasteiger charge is 2.36. The number of ether oxygens (including phenoxy) is 2. The van der Waals surface area contributed by atoms with E-state index in [-0.39, 0.29) is 17.3 Å². The molecule has 0 saturated heterocycles. The highest BCUT2D eigenvalue weighted by molar-refractivity contribution is 6.13. The first-order chi connectivity index (χ1) is 16.9. The number of rotatable bonds is 5. The fourth-order valence-electron chi connectivity index (χ4n) is 4.74. The van der Waals surface area contributed by atoms with Gasteiger partial charge in [0.2, 0.25) is 0 Å². The van der Waals surface area contributed by atoms with Crippen molar-refractivity contribution in [3.63, 3.8) is 0 Å². The van der Waals surface area contributed by atoms with Gasteiger partial charge >= 0.3 is 0 Å². The van der Waals surface area contributed by atoms with Crippen LogP contribution >= 0.6 is 0 Å². The first-order valence-corrected chi connectivity index (χ1v) is 11.3. The molecule has 4 aromatic rings. The second kappa shape index (κ2) is 8.79. The molecular weight excluding hydrogens is 444 g/mol. The number of nitrogens with one attached hydrogen (secondary N) is 1. The van der Waals surface area contributed by atoms with Crippen molar-refractivity contribution in [2.24, 2.45) is 0 Å². The normalized spacial score (nSPS) is 16.4. The second-order valence-electron chi connectivity index (χ2n) is 8.70. The largest absolute Gasteiger partial charge is 0.497 e. The molecule has 2 aromatic heterocycles. The number of carbonyl (C=O) groups is 1. The Morgan fingerprint density at radius 1 is 1.09 bits per heavy atom. The monoisotopic (exact) mass is 470 g/mol. The predicted molar refractivity (Wildman–Crippen MR) is 134 cm³/mol. The van der Waals surface area contributed by atoms with Gasteiger partial charge in [0.15, 0.2) is 11.4 Å². The van der Waals surface area contributed by atoms with Crippen LogP contribution in [0.1, 0.15) is 27.4 Å². The Kier molecular flexibility index (Phi) is 5.64. The molecule has 0 unspecified atom stereocenters. The number of aromatic amines is 1. The molecule has 0 radical (unpaired) electrons. The standard InChI is InChI=1S/C27H26N4O4/c1-30(2)15-22-19(18-11-10-17(34-3)12-23(18)35-4)13-20-21(25(22)32)14-28-26-24(20)27(33)31(29-26)16-8-6-5-7-9-16/h5-12,14-15,19H,13H2,1-4H3,(H,28,29)/b22-15-/t19-/m0/s1. The Balaban J connectivity index is 1.74. The lowest BCUT2D eigenvalue weighted by atomic mass is 9.75. The molecule has 178 valence electrons. The summed E-state index contributed by atoms with van der Waals surface area (Å²) in [5, 5.41) is 3.53. The molecule has 0 amide bonds. The number of benzene rings is 2. The zero-order valence-electron chi connectivity index (χ0n) is 20.0. The third kappa shape index (κ3) is 3.77. The first-order valence-electron chi connectivity index (χ1n) is 11.3. The number of hydrogen-bond donors (Lipinski definition) is 1. The zero-order chi connectivity index (χ0) is 24.7. The molecule has 0 fully saturated rings. The van der Waals surface area contributed by atoms with Gasteiger partial charge in [-0.3, -0.25) is 14.7 Å². The van der Waals surface area contributed by atoms with Crippen LogP contribution in [0.25, 0.3) is 16.7 Å². The van der Waals surface area contributed by atoms with Crippen molar-refractivity contribution in [1.29, 1.82) is 0 Å². The van der Waals surface area contributed by atoms with Crippen LogP contribution in [0.4, 0.5) is 0 Å². The van der Waals surface area contributed by atoms with Crippen molar-refractivity contribution in [2.45, 2.75) is 12.3 Å². The summed E-state index contributed by atoms with van der Waals surface area (Å²) in [4.78, 5) is 33.6. The fourth-order valence-corrected chi connectivity index (χ4v) is 4.74. The Labute approximate surface area is 202 Å². The number of para-hydroxylation sites is 1. The molecular formula is C27H26N4O4. The Hall–Kier alpha value is -4.33. The van der Waals surface area contributed by atoms with E-state index in [1.54, 1.807) is 20.4 Å². The van der Waals surface area contributed by atoms with Crippen molar-refractivity contribution in [2.75, 3.05) is 28.3 Å². The lowest BCUT2D eigenvalue weighted by Crippen LogP contribution is -2.26. The number of ketones is 1. The quantitative estimate of drug-likeness (QED) is 0.448. The van der Waals surface area contributed by atoms with Gasteiger partial charge in [0, 0.05) is 55.2 Å². The molecule has 2 aromatic carbocycles. The minimum absolute atomic E-state index is 0.149. The molecule has 1 atom stereocenters. The van der Waals surface area contributed by atoms with Crippen LogP contribution in [0.2, 0.25) is 0 Å². The van der Waals surface area contributed by atoms with Gasteiger partial charge in [0.05, 0.1) is 25.3 Å². The number of carbonyl (C=O) groups excluding carboxylic acids is 1. The van der Waals surface area contributed by atoms with Gasteiger partial charge in [-0.15, -0.1) is 0 Å². The van der Waals surface area contributed by atoms with Crippen molar-refractivity contribution in [1.82, 2.24) is 19.7 Å². The summed E-state index contributed by atoms with van der Waals surface area (Å²) in [6.45, 7) is 0. The smallest absolute Gasteiger partial charge is 0.281 e. The SMILES string of the molecule is COc1ccc([C@@H]2Cc3c(cnc4[nH]n(-c5ccccc5)c(=O)c34)C(=O)/C2=C\N(C)C)c(OC)c1.